The third-order valence-electron chi connectivity index (χ3n) is 3.14. The molecule has 0 spiro atoms. The van der Waals surface area contributed by atoms with Crippen LogP contribution in [0.15, 0.2) is 47.8 Å². The zero-order valence-electron chi connectivity index (χ0n) is 17.7. The van der Waals surface area contributed by atoms with Gasteiger partial charge in [0, 0.05) is 0 Å². The summed E-state index contributed by atoms with van der Waals surface area (Å²) in [7, 11) is -3.58. The van der Waals surface area contributed by atoms with E-state index in [1.807, 2.05) is 19.1 Å². The van der Waals surface area contributed by atoms with E-state index >= 15 is 0 Å². The summed E-state index contributed by atoms with van der Waals surface area (Å²) in [5, 5.41) is 0. The van der Waals surface area contributed by atoms with Crippen LogP contribution in [0.4, 0.5) is 0 Å². The average Bonchev–Trinajstić information content (AvgIpc) is 2.44. The molecule has 0 rings (SSSR count). The first-order valence-corrected chi connectivity index (χ1v) is 10.8. The predicted molar refractivity (Wildman–Crippen MR) is 111 cm³/mol. The SMILES string of the molecule is CC(C)=CCCC(C)=CC=CC(C)C=COP(=O)(OC(C)C)OC(C)C. The molecular weight excluding hydrogens is 347 g/mol. The van der Waals surface area contributed by atoms with Crippen molar-refractivity contribution in [1.82, 2.24) is 0 Å². The molecule has 0 heterocycles. The number of rotatable bonds is 12. The molecule has 5 heteroatoms. The van der Waals surface area contributed by atoms with E-state index in [2.05, 4.69) is 39.0 Å². The van der Waals surface area contributed by atoms with Crippen LogP contribution in [0.3, 0.4) is 0 Å². The Bertz CT molecular complexity index is 538. The summed E-state index contributed by atoms with van der Waals surface area (Å²) in [5.41, 5.74) is 2.69. The second-order valence-corrected chi connectivity index (χ2v) is 8.79. The molecule has 1 unspecified atom stereocenters. The number of phosphoric acid groups is 1. The van der Waals surface area contributed by atoms with E-state index in [4.69, 9.17) is 13.6 Å². The third kappa shape index (κ3) is 14.1. The van der Waals surface area contributed by atoms with Crippen LogP contribution in [0.5, 0.6) is 0 Å². The molecule has 1 atom stereocenters. The lowest BCUT2D eigenvalue weighted by molar-refractivity contribution is 0.0934. The minimum atomic E-state index is -3.58. The Hall–Kier alpha value is -1.09. The molecule has 0 aromatic carbocycles. The van der Waals surface area contributed by atoms with Crippen LogP contribution in [0.25, 0.3) is 0 Å². The number of hydrogen-bond donors (Lipinski definition) is 0. The van der Waals surface area contributed by atoms with Crippen molar-refractivity contribution < 1.29 is 18.1 Å². The standard InChI is InChI=1S/C21H37O4P/c1-17(2)11-9-12-20(7)13-10-14-21(8)15-16-23-26(22,24-18(3)4)25-19(5)6/h10-11,13-16,18-19,21H,9,12H2,1-8H3. The molecule has 0 aliphatic carbocycles. The summed E-state index contributed by atoms with van der Waals surface area (Å²) in [6, 6.07) is 0. The first-order valence-electron chi connectivity index (χ1n) is 9.33. The van der Waals surface area contributed by atoms with Gasteiger partial charge < -0.3 is 4.52 Å². The van der Waals surface area contributed by atoms with Crippen LogP contribution in [-0.4, -0.2) is 12.2 Å². The van der Waals surface area contributed by atoms with E-state index in [1.165, 1.54) is 17.4 Å². The van der Waals surface area contributed by atoms with E-state index in [0.717, 1.165) is 12.8 Å². The predicted octanol–water partition coefficient (Wildman–Crippen LogP) is 7.36. The third-order valence-corrected chi connectivity index (χ3v) is 4.88. The van der Waals surface area contributed by atoms with Crippen LogP contribution < -0.4 is 0 Å². The van der Waals surface area contributed by atoms with Gasteiger partial charge in [0.15, 0.2) is 0 Å². The summed E-state index contributed by atoms with van der Waals surface area (Å²) in [6.07, 6.45) is 13.3. The van der Waals surface area contributed by atoms with Crippen LogP contribution >= 0.6 is 7.82 Å². The Morgan fingerprint density at radius 3 is 2.04 bits per heavy atom. The van der Waals surface area contributed by atoms with Crippen molar-refractivity contribution in [2.45, 2.75) is 80.4 Å². The van der Waals surface area contributed by atoms with Crippen molar-refractivity contribution in [2.75, 3.05) is 0 Å². The molecule has 4 nitrogen and oxygen atoms in total. The highest BCUT2D eigenvalue weighted by Crippen LogP contribution is 2.51. The molecule has 0 saturated heterocycles. The molecule has 0 radical (unpaired) electrons. The van der Waals surface area contributed by atoms with E-state index in [0.29, 0.717) is 0 Å². The van der Waals surface area contributed by atoms with Crippen molar-refractivity contribution in [2.24, 2.45) is 5.92 Å². The van der Waals surface area contributed by atoms with Gasteiger partial charge in [-0.05, 0) is 73.3 Å². The van der Waals surface area contributed by atoms with Crippen molar-refractivity contribution in [3.05, 3.63) is 47.8 Å². The first-order chi connectivity index (χ1) is 12.0. The highest BCUT2D eigenvalue weighted by molar-refractivity contribution is 7.48. The second-order valence-electron chi connectivity index (χ2n) is 7.27. The summed E-state index contributed by atoms with van der Waals surface area (Å²) in [4.78, 5) is 0. The maximum Gasteiger partial charge on any atom is 0.529 e. The summed E-state index contributed by atoms with van der Waals surface area (Å²) >= 11 is 0. The van der Waals surface area contributed by atoms with E-state index < -0.39 is 7.82 Å². The van der Waals surface area contributed by atoms with E-state index in [9.17, 15) is 4.57 Å². The molecule has 0 fully saturated rings. The lowest BCUT2D eigenvalue weighted by Crippen LogP contribution is -2.08. The highest BCUT2D eigenvalue weighted by Gasteiger charge is 2.29. The highest BCUT2D eigenvalue weighted by atomic mass is 31.2. The van der Waals surface area contributed by atoms with Crippen LogP contribution in [-0.2, 0) is 18.1 Å². The summed E-state index contributed by atoms with van der Waals surface area (Å²) < 4.78 is 28.5. The van der Waals surface area contributed by atoms with Gasteiger partial charge in [-0.3, -0.25) is 9.05 Å². The Labute approximate surface area is 160 Å². The maximum atomic E-state index is 12.5. The van der Waals surface area contributed by atoms with E-state index in [-0.39, 0.29) is 18.1 Å². The Kier molecular flexibility index (Phi) is 12.6. The minimum Gasteiger partial charge on any atom is -0.412 e. The molecule has 0 aromatic rings. The fraction of sp³-hybridized carbons (Fsp3) is 0.619. The van der Waals surface area contributed by atoms with Gasteiger partial charge in [-0.15, -0.1) is 0 Å². The van der Waals surface area contributed by atoms with Gasteiger partial charge in [0.1, 0.15) is 0 Å². The lowest BCUT2D eigenvalue weighted by atomic mass is 10.1. The van der Waals surface area contributed by atoms with E-state index in [1.54, 1.807) is 27.7 Å². The molecule has 0 saturated carbocycles. The first kappa shape index (κ1) is 24.9. The molecule has 0 aliphatic heterocycles. The fourth-order valence-corrected chi connectivity index (χ4v) is 3.36. The van der Waals surface area contributed by atoms with Gasteiger partial charge in [-0.2, -0.15) is 0 Å². The lowest BCUT2D eigenvalue weighted by Gasteiger charge is -2.20. The normalized spacial score (nSPS) is 14.6. The topological polar surface area (TPSA) is 44.8 Å². The van der Waals surface area contributed by atoms with Gasteiger partial charge in [-0.1, -0.05) is 42.4 Å². The fourth-order valence-electron chi connectivity index (χ4n) is 1.96. The minimum absolute atomic E-state index is 0.142. The van der Waals surface area contributed by atoms with Crippen LogP contribution in [0.2, 0.25) is 0 Å². The molecule has 0 aliphatic rings. The van der Waals surface area contributed by atoms with Crippen molar-refractivity contribution >= 4 is 7.82 Å². The Morgan fingerprint density at radius 1 is 0.962 bits per heavy atom. The quantitative estimate of drug-likeness (QED) is 0.153. The van der Waals surface area contributed by atoms with Gasteiger partial charge in [-0.25, -0.2) is 4.57 Å². The molecule has 0 bridgehead atoms. The number of phosphoric ester groups is 1. The molecule has 0 aromatic heterocycles. The average molecular weight is 384 g/mol. The zero-order valence-corrected chi connectivity index (χ0v) is 18.6. The van der Waals surface area contributed by atoms with Gasteiger partial charge >= 0.3 is 7.82 Å². The zero-order chi connectivity index (χ0) is 20.2. The monoisotopic (exact) mass is 384 g/mol. The Balaban J connectivity index is 4.57. The Morgan fingerprint density at radius 2 is 1.54 bits per heavy atom. The smallest absolute Gasteiger partial charge is 0.412 e. The van der Waals surface area contributed by atoms with Gasteiger partial charge in [0.2, 0.25) is 0 Å². The molecule has 150 valence electrons. The molecule has 26 heavy (non-hydrogen) atoms. The van der Waals surface area contributed by atoms with Crippen molar-refractivity contribution in [3.8, 4) is 0 Å². The number of allylic oxidation sites excluding steroid dienone is 7. The van der Waals surface area contributed by atoms with Crippen LogP contribution in [0, 0.1) is 5.92 Å². The van der Waals surface area contributed by atoms with Gasteiger partial charge in [0.05, 0.1) is 18.5 Å². The summed E-state index contributed by atoms with van der Waals surface area (Å²) in [6.45, 7) is 15.6. The molecular formula is C21H37O4P. The summed E-state index contributed by atoms with van der Waals surface area (Å²) in [5.74, 6) is 0.142. The second kappa shape index (κ2) is 13.1. The maximum absolute atomic E-state index is 12.5. The molecule has 0 amide bonds. The largest absolute Gasteiger partial charge is 0.529 e. The van der Waals surface area contributed by atoms with Crippen molar-refractivity contribution in [3.63, 3.8) is 0 Å². The van der Waals surface area contributed by atoms with Gasteiger partial charge in [0.25, 0.3) is 0 Å². The molecule has 0 N–H and O–H groups in total. The van der Waals surface area contributed by atoms with Crippen LogP contribution in [0.1, 0.15) is 68.2 Å². The number of hydrogen-bond acceptors (Lipinski definition) is 4. The van der Waals surface area contributed by atoms with Crippen molar-refractivity contribution in [1.29, 1.82) is 0 Å².